The highest BCUT2D eigenvalue weighted by atomic mass is 32.1. The van der Waals surface area contributed by atoms with Crippen LogP contribution in [-0.4, -0.2) is 22.1 Å². The molecule has 0 bridgehead atoms. The van der Waals surface area contributed by atoms with E-state index in [0.29, 0.717) is 12.1 Å². The Kier molecular flexibility index (Phi) is 4.94. The van der Waals surface area contributed by atoms with Gasteiger partial charge in [-0.2, -0.15) is 0 Å². The van der Waals surface area contributed by atoms with Crippen molar-refractivity contribution in [3.63, 3.8) is 0 Å². The van der Waals surface area contributed by atoms with Crippen LogP contribution in [0.15, 0.2) is 35.7 Å². The molecule has 0 saturated heterocycles. The molecule has 1 heterocycles. The number of phenols is 1. The lowest BCUT2D eigenvalue weighted by molar-refractivity contribution is -0.116. The molecule has 0 aliphatic heterocycles. The van der Waals surface area contributed by atoms with E-state index in [0.717, 1.165) is 12.8 Å². The van der Waals surface area contributed by atoms with E-state index in [9.17, 15) is 14.7 Å². The number of nitrogens with one attached hydrogen (secondary N) is 1. The predicted octanol–water partition coefficient (Wildman–Crippen LogP) is 3.11. The van der Waals surface area contributed by atoms with E-state index in [1.807, 2.05) is 17.5 Å². The number of carboxylic acid groups (broad SMARTS) is 1. The molecule has 0 unspecified atom stereocenters. The highest BCUT2D eigenvalue weighted by Crippen LogP contribution is 2.21. The number of carboxylic acids is 1. The number of anilines is 1. The SMILES string of the molecule is O=C(CCCc1cccs1)Nc1ccc(O)c(C(=O)O)c1. The highest BCUT2D eigenvalue weighted by Gasteiger charge is 2.11. The van der Waals surface area contributed by atoms with Crippen LogP contribution >= 0.6 is 11.3 Å². The number of aromatic carboxylic acids is 1. The van der Waals surface area contributed by atoms with Crippen LogP contribution in [0.1, 0.15) is 28.1 Å². The number of thiophene rings is 1. The van der Waals surface area contributed by atoms with Gasteiger partial charge in [-0.1, -0.05) is 6.07 Å². The van der Waals surface area contributed by atoms with Gasteiger partial charge in [0.15, 0.2) is 0 Å². The first-order chi connectivity index (χ1) is 10.1. The number of carbonyl (C=O) groups is 2. The molecular formula is C15H15NO4S. The lowest BCUT2D eigenvalue weighted by Crippen LogP contribution is -2.12. The van der Waals surface area contributed by atoms with Crippen LogP contribution in [0.4, 0.5) is 5.69 Å². The largest absolute Gasteiger partial charge is 0.507 e. The molecule has 0 saturated carbocycles. The molecule has 0 aliphatic rings. The fourth-order valence-corrected chi connectivity index (χ4v) is 2.64. The smallest absolute Gasteiger partial charge is 0.339 e. The van der Waals surface area contributed by atoms with Gasteiger partial charge in [-0.15, -0.1) is 11.3 Å². The Morgan fingerprint density at radius 2 is 2.05 bits per heavy atom. The number of benzene rings is 1. The Hall–Kier alpha value is -2.34. The van der Waals surface area contributed by atoms with Gasteiger partial charge in [-0.25, -0.2) is 4.79 Å². The van der Waals surface area contributed by atoms with Crippen LogP contribution in [0.3, 0.4) is 0 Å². The standard InChI is InChI=1S/C15H15NO4S/c17-13-7-6-10(9-12(13)15(19)20)16-14(18)5-1-3-11-4-2-8-21-11/h2,4,6-9,17H,1,3,5H2,(H,16,18)(H,19,20). The summed E-state index contributed by atoms with van der Waals surface area (Å²) in [6.07, 6.45) is 1.94. The van der Waals surface area contributed by atoms with E-state index < -0.39 is 5.97 Å². The zero-order valence-corrected chi connectivity index (χ0v) is 12.0. The van der Waals surface area contributed by atoms with Gasteiger partial charge in [-0.05, 0) is 42.5 Å². The second-order valence-corrected chi connectivity index (χ2v) is 5.55. The molecule has 1 amide bonds. The van der Waals surface area contributed by atoms with Crippen LogP contribution in [0.5, 0.6) is 5.75 Å². The molecule has 110 valence electrons. The minimum Gasteiger partial charge on any atom is -0.507 e. The Balaban J connectivity index is 1.87. The average Bonchev–Trinajstić information content (AvgIpc) is 2.94. The minimum atomic E-state index is -1.23. The minimum absolute atomic E-state index is 0.173. The molecule has 1 aromatic carbocycles. The third-order valence-corrected chi connectivity index (χ3v) is 3.85. The van der Waals surface area contributed by atoms with Crippen LogP contribution in [0.25, 0.3) is 0 Å². The van der Waals surface area contributed by atoms with Crippen LogP contribution < -0.4 is 5.32 Å². The summed E-state index contributed by atoms with van der Waals surface area (Å²) < 4.78 is 0. The molecule has 6 heteroatoms. The molecule has 3 N–H and O–H groups in total. The zero-order valence-electron chi connectivity index (χ0n) is 11.2. The number of aryl methyl sites for hydroxylation is 1. The molecule has 0 aliphatic carbocycles. The summed E-state index contributed by atoms with van der Waals surface area (Å²) in [6.45, 7) is 0. The predicted molar refractivity (Wildman–Crippen MR) is 81.0 cm³/mol. The lowest BCUT2D eigenvalue weighted by Gasteiger charge is -2.07. The molecule has 21 heavy (non-hydrogen) atoms. The van der Waals surface area contributed by atoms with Crippen molar-refractivity contribution >= 4 is 28.9 Å². The number of hydrogen-bond donors (Lipinski definition) is 3. The van der Waals surface area contributed by atoms with Gasteiger partial charge >= 0.3 is 5.97 Å². The Morgan fingerprint density at radius 1 is 1.24 bits per heavy atom. The number of rotatable bonds is 6. The molecule has 5 nitrogen and oxygen atoms in total. The molecule has 1 aromatic heterocycles. The topological polar surface area (TPSA) is 86.6 Å². The Labute approximate surface area is 125 Å². The van der Waals surface area contributed by atoms with Crippen molar-refractivity contribution in [1.29, 1.82) is 0 Å². The molecular weight excluding hydrogens is 290 g/mol. The van der Waals surface area contributed by atoms with Crippen LogP contribution in [0.2, 0.25) is 0 Å². The van der Waals surface area contributed by atoms with Gasteiger partial charge in [0.25, 0.3) is 0 Å². The van der Waals surface area contributed by atoms with E-state index >= 15 is 0 Å². The summed E-state index contributed by atoms with van der Waals surface area (Å²) in [5.74, 6) is -1.73. The normalized spacial score (nSPS) is 10.3. The highest BCUT2D eigenvalue weighted by molar-refractivity contribution is 7.09. The lowest BCUT2D eigenvalue weighted by atomic mass is 10.1. The maximum atomic E-state index is 11.8. The molecule has 0 atom stereocenters. The van der Waals surface area contributed by atoms with Crippen molar-refractivity contribution in [1.82, 2.24) is 0 Å². The molecule has 0 fully saturated rings. The molecule has 0 radical (unpaired) electrons. The van der Waals surface area contributed by atoms with Crippen molar-refractivity contribution in [2.75, 3.05) is 5.32 Å². The van der Waals surface area contributed by atoms with Crippen molar-refractivity contribution < 1.29 is 19.8 Å². The van der Waals surface area contributed by atoms with E-state index in [1.165, 1.54) is 23.1 Å². The van der Waals surface area contributed by atoms with E-state index in [4.69, 9.17) is 5.11 Å². The Bertz CT molecular complexity index is 637. The maximum Gasteiger partial charge on any atom is 0.339 e. The maximum absolute atomic E-state index is 11.8. The molecule has 2 rings (SSSR count). The second kappa shape index (κ2) is 6.90. The van der Waals surface area contributed by atoms with Gasteiger partial charge in [0, 0.05) is 17.0 Å². The summed E-state index contributed by atoms with van der Waals surface area (Å²) in [4.78, 5) is 23.9. The monoisotopic (exact) mass is 305 g/mol. The van der Waals surface area contributed by atoms with Gasteiger partial charge < -0.3 is 15.5 Å². The summed E-state index contributed by atoms with van der Waals surface area (Å²) in [6, 6.07) is 7.98. The first-order valence-corrected chi connectivity index (χ1v) is 7.33. The Morgan fingerprint density at radius 3 is 2.71 bits per heavy atom. The van der Waals surface area contributed by atoms with E-state index in [2.05, 4.69) is 5.32 Å². The molecule has 2 aromatic rings. The summed E-state index contributed by atoms with van der Waals surface area (Å²) in [5.41, 5.74) is 0.137. The van der Waals surface area contributed by atoms with E-state index in [1.54, 1.807) is 11.3 Å². The third kappa shape index (κ3) is 4.32. The number of hydrogen-bond acceptors (Lipinski definition) is 4. The van der Waals surface area contributed by atoms with Crippen LogP contribution in [-0.2, 0) is 11.2 Å². The number of amides is 1. The van der Waals surface area contributed by atoms with Gasteiger partial charge in [-0.3, -0.25) is 4.79 Å². The first-order valence-electron chi connectivity index (χ1n) is 6.45. The van der Waals surface area contributed by atoms with Crippen LogP contribution in [0, 0.1) is 0 Å². The zero-order chi connectivity index (χ0) is 15.2. The summed E-state index contributed by atoms with van der Waals surface area (Å²) >= 11 is 1.66. The van der Waals surface area contributed by atoms with Crippen molar-refractivity contribution in [3.05, 3.63) is 46.2 Å². The quantitative estimate of drug-likeness (QED) is 0.716. The molecule has 0 spiro atoms. The van der Waals surface area contributed by atoms with Gasteiger partial charge in [0.05, 0.1) is 0 Å². The first kappa shape index (κ1) is 15.1. The van der Waals surface area contributed by atoms with Crippen molar-refractivity contribution in [2.24, 2.45) is 0 Å². The van der Waals surface area contributed by atoms with Gasteiger partial charge in [0.1, 0.15) is 11.3 Å². The third-order valence-electron chi connectivity index (χ3n) is 2.92. The number of aromatic hydroxyl groups is 1. The number of carbonyl (C=O) groups excluding carboxylic acids is 1. The second-order valence-electron chi connectivity index (χ2n) is 4.52. The van der Waals surface area contributed by atoms with E-state index in [-0.39, 0.29) is 17.2 Å². The average molecular weight is 305 g/mol. The van der Waals surface area contributed by atoms with Gasteiger partial charge in [0.2, 0.25) is 5.91 Å². The fourth-order valence-electron chi connectivity index (χ4n) is 1.89. The fraction of sp³-hybridized carbons (Fsp3) is 0.200. The van der Waals surface area contributed by atoms with Crippen molar-refractivity contribution in [3.8, 4) is 5.75 Å². The summed E-state index contributed by atoms with van der Waals surface area (Å²) in [5, 5.41) is 22.9. The van der Waals surface area contributed by atoms with Crippen molar-refractivity contribution in [2.45, 2.75) is 19.3 Å². The summed E-state index contributed by atoms with van der Waals surface area (Å²) in [7, 11) is 0.